The van der Waals surface area contributed by atoms with Crippen LogP contribution in [0.4, 0.5) is 5.13 Å². The minimum atomic E-state index is -3.64. The van der Waals surface area contributed by atoms with Gasteiger partial charge in [0.15, 0.2) is 5.13 Å². The lowest BCUT2D eigenvalue weighted by Gasteiger charge is -2.21. The van der Waals surface area contributed by atoms with Gasteiger partial charge in [0, 0.05) is 28.5 Å². The van der Waals surface area contributed by atoms with Crippen LogP contribution in [0, 0.1) is 0 Å². The summed E-state index contributed by atoms with van der Waals surface area (Å²) in [6.45, 7) is 6.72. The fourth-order valence-electron chi connectivity index (χ4n) is 3.43. The normalized spacial score (nSPS) is 11.1. The van der Waals surface area contributed by atoms with E-state index in [4.69, 9.17) is 18.9 Å². The topological polar surface area (TPSA) is 154 Å². The zero-order valence-corrected chi connectivity index (χ0v) is 24.9. The Balaban J connectivity index is 1.82. The second-order valence-electron chi connectivity index (χ2n) is 8.64. The van der Waals surface area contributed by atoms with E-state index in [1.165, 1.54) is 23.5 Å². The summed E-state index contributed by atoms with van der Waals surface area (Å²) in [6.07, 6.45) is 1.45. The summed E-state index contributed by atoms with van der Waals surface area (Å²) in [6, 6.07) is 11.1. The van der Waals surface area contributed by atoms with Crippen LogP contribution in [0.5, 0.6) is 17.2 Å². The van der Waals surface area contributed by atoms with Crippen molar-refractivity contribution in [2.24, 2.45) is 0 Å². The van der Waals surface area contributed by atoms with E-state index in [2.05, 4.69) is 20.5 Å². The molecule has 12 nitrogen and oxygen atoms in total. The van der Waals surface area contributed by atoms with Gasteiger partial charge in [-0.2, -0.15) is 0 Å². The lowest BCUT2D eigenvalue weighted by molar-refractivity contribution is -0.142. The molecule has 41 heavy (non-hydrogen) atoms. The maximum absolute atomic E-state index is 13.8. The zero-order valence-electron chi connectivity index (χ0n) is 23.2. The van der Waals surface area contributed by atoms with Crippen molar-refractivity contribution in [2.75, 3.05) is 31.6 Å². The van der Waals surface area contributed by atoms with Crippen LogP contribution < -0.4 is 30.3 Å². The van der Waals surface area contributed by atoms with Gasteiger partial charge in [-0.25, -0.2) is 15.2 Å². The monoisotopic (exact) mass is 604 g/mol. The highest BCUT2D eigenvalue weighted by molar-refractivity contribution is 7.67. The highest BCUT2D eigenvalue weighted by Gasteiger charge is 2.27. The number of hydrogen-bond acceptors (Lipinski definition) is 10. The van der Waals surface area contributed by atoms with Crippen molar-refractivity contribution in [1.82, 2.24) is 15.2 Å². The molecule has 0 aliphatic carbocycles. The number of carbonyl (C=O) groups excluding carboxylic acids is 3. The molecule has 220 valence electrons. The summed E-state index contributed by atoms with van der Waals surface area (Å²) in [7, 11) is -3.64. The first kappa shape index (κ1) is 31.8. The number of hydrogen-bond donors (Lipinski definition) is 3. The molecular weight excluding hydrogens is 571 g/mol. The van der Waals surface area contributed by atoms with Gasteiger partial charge in [0.25, 0.3) is 5.91 Å². The van der Waals surface area contributed by atoms with Crippen LogP contribution in [0.3, 0.4) is 0 Å². The van der Waals surface area contributed by atoms with Crippen molar-refractivity contribution in [3.05, 3.63) is 59.6 Å². The van der Waals surface area contributed by atoms with Gasteiger partial charge in [-0.3, -0.25) is 24.3 Å². The van der Waals surface area contributed by atoms with E-state index in [1.54, 1.807) is 55.8 Å². The predicted octanol–water partition coefficient (Wildman–Crippen LogP) is 4.10. The largest absolute Gasteiger partial charge is 0.491 e. The quantitative estimate of drug-likeness (QED) is 0.170. The Morgan fingerprint density at radius 1 is 0.902 bits per heavy atom. The number of amides is 1. The number of ether oxygens (including phenoxy) is 4. The fraction of sp³-hybridized carbons (Fsp3) is 0.333. The maximum atomic E-state index is 13.8. The lowest BCUT2D eigenvalue weighted by Crippen LogP contribution is -2.36. The summed E-state index contributed by atoms with van der Waals surface area (Å²) >= 11 is 1.30. The first-order chi connectivity index (χ1) is 19.6. The van der Waals surface area contributed by atoms with E-state index in [-0.39, 0.29) is 38.3 Å². The number of thiazole rings is 1. The van der Waals surface area contributed by atoms with Crippen LogP contribution in [0.2, 0.25) is 0 Å². The second-order valence-corrected chi connectivity index (χ2v) is 11.9. The van der Waals surface area contributed by atoms with Crippen molar-refractivity contribution < 1.29 is 37.9 Å². The molecule has 0 aliphatic heterocycles. The van der Waals surface area contributed by atoms with Crippen LogP contribution >= 0.6 is 18.8 Å². The third-order valence-electron chi connectivity index (χ3n) is 5.11. The Bertz CT molecular complexity index is 1340. The molecule has 0 saturated carbocycles. The molecule has 3 aromatic rings. The van der Waals surface area contributed by atoms with Gasteiger partial charge in [0.1, 0.15) is 30.3 Å². The van der Waals surface area contributed by atoms with Crippen LogP contribution in [-0.2, 0) is 23.6 Å². The number of rotatable bonds is 15. The van der Waals surface area contributed by atoms with Crippen LogP contribution in [0.25, 0.3) is 0 Å². The van der Waals surface area contributed by atoms with Gasteiger partial charge in [-0.15, -0.1) is 11.3 Å². The first-order valence-electron chi connectivity index (χ1n) is 12.8. The molecule has 3 N–H and O–H groups in total. The molecule has 1 heterocycles. The van der Waals surface area contributed by atoms with Gasteiger partial charge < -0.3 is 18.9 Å². The van der Waals surface area contributed by atoms with Gasteiger partial charge in [-0.1, -0.05) is 0 Å². The number of aromatic nitrogens is 1. The van der Waals surface area contributed by atoms with E-state index in [1.807, 2.05) is 13.8 Å². The summed E-state index contributed by atoms with van der Waals surface area (Å²) in [5.74, 6) is -0.411. The molecule has 0 unspecified atom stereocenters. The highest BCUT2D eigenvalue weighted by Crippen LogP contribution is 2.36. The number of nitrogens with zero attached hydrogens (tertiary/aromatic N) is 1. The van der Waals surface area contributed by atoms with E-state index in [9.17, 15) is 18.9 Å². The molecule has 0 aliphatic rings. The summed E-state index contributed by atoms with van der Waals surface area (Å²) in [5, 5.41) is 10.6. The molecule has 0 atom stereocenters. The fourth-order valence-corrected chi connectivity index (χ4v) is 5.70. The lowest BCUT2D eigenvalue weighted by atomic mass is 10.2. The summed E-state index contributed by atoms with van der Waals surface area (Å²) in [4.78, 5) is 40.7. The molecule has 0 spiro atoms. The average molecular weight is 605 g/mol. The SMILES string of the molecule is CCOC(=O)CNP(=O)(NCC(=O)OCC)c1ccc(Oc2cc(OC(C)C)cc(C(=O)Nc3nccs3)c2)cc1. The number of esters is 2. The van der Waals surface area contributed by atoms with Crippen molar-refractivity contribution in [3.8, 4) is 17.2 Å². The molecule has 1 amide bonds. The molecule has 1 aromatic heterocycles. The van der Waals surface area contributed by atoms with Crippen molar-refractivity contribution in [2.45, 2.75) is 33.8 Å². The van der Waals surface area contributed by atoms with Crippen molar-refractivity contribution >= 4 is 47.1 Å². The van der Waals surface area contributed by atoms with Crippen LogP contribution in [0.15, 0.2) is 54.0 Å². The Labute approximate surface area is 242 Å². The second kappa shape index (κ2) is 15.3. The molecule has 0 bridgehead atoms. The molecule has 0 radical (unpaired) electrons. The van der Waals surface area contributed by atoms with E-state index in [0.29, 0.717) is 33.2 Å². The predicted molar refractivity (Wildman–Crippen MR) is 155 cm³/mol. The van der Waals surface area contributed by atoms with Crippen molar-refractivity contribution in [1.29, 1.82) is 0 Å². The van der Waals surface area contributed by atoms with Crippen LogP contribution in [0.1, 0.15) is 38.1 Å². The molecule has 14 heteroatoms. The molecule has 0 saturated heterocycles. The Morgan fingerprint density at radius 2 is 1.51 bits per heavy atom. The molecule has 2 aromatic carbocycles. The molecular formula is C27H33N4O8PS. The maximum Gasteiger partial charge on any atom is 0.320 e. The number of carbonyl (C=O) groups is 3. The smallest absolute Gasteiger partial charge is 0.320 e. The first-order valence-corrected chi connectivity index (χ1v) is 15.4. The van der Waals surface area contributed by atoms with Crippen molar-refractivity contribution in [3.63, 3.8) is 0 Å². The highest BCUT2D eigenvalue weighted by atomic mass is 32.1. The molecule has 3 rings (SSSR count). The Kier molecular flexibility index (Phi) is 11.8. The number of anilines is 1. The number of benzene rings is 2. The minimum Gasteiger partial charge on any atom is -0.491 e. The summed E-state index contributed by atoms with van der Waals surface area (Å²) in [5.41, 5.74) is 0.306. The Hall–Kier alpha value is -3.77. The van der Waals surface area contributed by atoms with E-state index >= 15 is 0 Å². The third kappa shape index (κ3) is 9.98. The Morgan fingerprint density at radius 3 is 2.05 bits per heavy atom. The van der Waals surface area contributed by atoms with Crippen LogP contribution in [-0.4, -0.2) is 55.2 Å². The van der Waals surface area contributed by atoms with Gasteiger partial charge in [0.05, 0.1) is 19.3 Å². The number of nitrogens with one attached hydrogen (secondary N) is 3. The van der Waals surface area contributed by atoms with E-state index < -0.39 is 19.4 Å². The van der Waals surface area contributed by atoms with Gasteiger partial charge in [0.2, 0.25) is 7.44 Å². The van der Waals surface area contributed by atoms with Gasteiger partial charge >= 0.3 is 11.9 Å². The standard InChI is InChI=1S/C27H33N4O8PS/c1-5-36-24(32)16-29-40(35,30-17-25(33)37-6-2)23-9-7-20(8-10-23)39-22-14-19(13-21(15-22)38-18(3)4)26(34)31-27-28-11-12-41-27/h7-15,18H,5-6,16-17H2,1-4H3,(H,28,31,34)(H2,29,30,35). The third-order valence-corrected chi connectivity index (χ3v) is 8.03. The minimum absolute atomic E-state index is 0.141. The van der Waals surface area contributed by atoms with E-state index in [0.717, 1.165) is 0 Å². The zero-order chi connectivity index (χ0) is 29.8. The molecule has 0 fully saturated rings. The summed E-state index contributed by atoms with van der Waals surface area (Å²) < 4.78 is 35.4. The van der Waals surface area contributed by atoms with Gasteiger partial charge in [-0.05, 0) is 64.1 Å². The average Bonchev–Trinajstić information content (AvgIpc) is 3.44.